The minimum absolute atomic E-state index is 0.0180. The number of amides is 1. The Bertz CT molecular complexity index is 899. The van der Waals surface area contributed by atoms with Crippen molar-refractivity contribution < 1.29 is 13.2 Å². The van der Waals surface area contributed by atoms with Gasteiger partial charge in [-0.1, -0.05) is 57.0 Å². The molecule has 0 saturated heterocycles. The average molecular weight is 401 g/mol. The molecule has 0 aliphatic heterocycles. The van der Waals surface area contributed by atoms with Gasteiger partial charge in [-0.25, -0.2) is 8.42 Å². The molecule has 1 aliphatic carbocycles. The first-order valence-electron chi connectivity index (χ1n) is 9.91. The van der Waals surface area contributed by atoms with Gasteiger partial charge >= 0.3 is 0 Å². The Morgan fingerprint density at radius 3 is 2.07 bits per heavy atom. The van der Waals surface area contributed by atoms with Crippen LogP contribution < -0.4 is 5.32 Å². The number of sulfonamides is 1. The maximum absolute atomic E-state index is 13.2. The number of benzene rings is 2. The van der Waals surface area contributed by atoms with Gasteiger partial charge in [0.25, 0.3) is 0 Å². The van der Waals surface area contributed by atoms with Crippen LogP contribution in [0, 0.1) is 0 Å². The normalized spacial score (nSPS) is 16.2. The molecule has 1 saturated carbocycles. The van der Waals surface area contributed by atoms with Crippen molar-refractivity contribution >= 4 is 21.6 Å². The van der Waals surface area contributed by atoms with Gasteiger partial charge in [-0.05, 0) is 42.7 Å². The lowest BCUT2D eigenvalue weighted by Gasteiger charge is -2.28. The molecule has 0 spiro atoms. The van der Waals surface area contributed by atoms with Crippen LogP contribution in [0.15, 0.2) is 59.5 Å². The van der Waals surface area contributed by atoms with Crippen LogP contribution in [-0.4, -0.2) is 31.7 Å². The standard InChI is InChI=1S/C22H28N2O3S/c1-3-24(4-2)28(26,27)20-14-12-19(13-15-20)23-21(25)22(16-8-9-17-22)18-10-6-5-7-11-18/h5-7,10-15H,3-4,8-9,16-17H2,1-2H3,(H,23,25). The molecule has 3 rings (SSSR count). The number of carbonyl (C=O) groups excluding carboxylic acids is 1. The van der Waals surface area contributed by atoms with Gasteiger partial charge in [0.05, 0.1) is 10.3 Å². The number of carbonyl (C=O) groups is 1. The van der Waals surface area contributed by atoms with Crippen molar-refractivity contribution in [1.82, 2.24) is 4.31 Å². The molecule has 0 bridgehead atoms. The van der Waals surface area contributed by atoms with Crippen LogP contribution in [0.4, 0.5) is 5.69 Å². The zero-order chi connectivity index (χ0) is 20.2. The average Bonchev–Trinajstić information content (AvgIpc) is 3.21. The number of nitrogens with one attached hydrogen (secondary N) is 1. The van der Waals surface area contributed by atoms with Crippen LogP contribution in [0.25, 0.3) is 0 Å². The van der Waals surface area contributed by atoms with Crippen molar-refractivity contribution in [3.63, 3.8) is 0 Å². The lowest BCUT2D eigenvalue weighted by molar-refractivity contribution is -0.121. The molecule has 0 aromatic heterocycles. The Morgan fingerprint density at radius 2 is 1.54 bits per heavy atom. The highest BCUT2D eigenvalue weighted by Gasteiger charge is 2.42. The van der Waals surface area contributed by atoms with Gasteiger partial charge < -0.3 is 5.32 Å². The van der Waals surface area contributed by atoms with E-state index < -0.39 is 15.4 Å². The summed E-state index contributed by atoms with van der Waals surface area (Å²) >= 11 is 0. The predicted octanol–water partition coefficient (Wildman–Crippen LogP) is 4.17. The first-order chi connectivity index (χ1) is 13.4. The quantitative estimate of drug-likeness (QED) is 0.759. The number of rotatable bonds is 7. The first-order valence-corrected chi connectivity index (χ1v) is 11.4. The maximum atomic E-state index is 13.2. The minimum Gasteiger partial charge on any atom is -0.325 e. The van der Waals surface area contributed by atoms with E-state index in [4.69, 9.17) is 0 Å². The van der Waals surface area contributed by atoms with Crippen molar-refractivity contribution in [2.24, 2.45) is 0 Å². The fourth-order valence-corrected chi connectivity index (χ4v) is 5.51. The van der Waals surface area contributed by atoms with E-state index in [-0.39, 0.29) is 10.8 Å². The smallest absolute Gasteiger partial charge is 0.243 e. The fourth-order valence-electron chi connectivity index (χ4n) is 4.06. The van der Waals surface area contributed by atoms with E-state index in [2.05, 4.69) is 5.32 Å². The van der Waals surface area contributed by atoms with E-state index in [1.54, 1.807) is 24.3 Å². The van der Waals surface area contributed by atoms with Gasteiger partial charge in [-0.3, -0.25) is 4.79 Å². The van der Waals surface area contributed by atoms with E-state index in [9.17, 15) is 13.2 Å². The van der Waals surface area contributed by atoms with Gasteiger partial charge in [0.2, 0.25) is 15.9 Å². The van der Waals surface area contributed by atoms with Gasteiger partial charge in [-0.2, -0.15) is 4.31 Å². The van der Waals surface area contributed by atoms with E-state index in [0.29, 0.717) is 18.8 Å². The maximum Gasteiger partial charge on any atom is 0.243 e. The number of nitrogens with zero attached hydrogens (tertiary/aromatic N) is 1. The molecule has 2 aromatic rings. The number of hydrogen-bond acceptors (Lipinski definition) is 3. The molecular weight excluding hydrogens is 372 g/mol. The van der Waals surface area contributed by atoms with E-state index in [0.717, 1.165) is 31.2 Å². The Hall–Kier alpha value is -2.18. The van der Waals surface area contributed by atoms with Crippen LogP contribution in [0.3, 0.4) is 0 Å². The van der Waals surface area contributed by atoms with Crippen molar-refractivity contribution in [2.75, 3.05) is 18.4 Å². The molecule has 1 amide bonds. The molecule has 0 unspecified atom stereocenters. The van der Waals surface area contributed by atoms with Crippen LogP contribution >= 0.6 is 0 Å². The molecule has 1 N–H and O–H groups in total. The van der Waals surface area contributed by atoms with E-state index in [1.807, 2.05) is 44.2 Å². The van der Waals surface area contributed by atoms with Gasteiger partial charge in [0.15, 0.2) is 0 Å². The van der Waals surface area contributed by atoms with Crippen molar-refractivity contribution in [2.45, 2.75) is 49.8 Å². The van der Waals surface area contributed by atoms with Crippen LogP contribution in [0.5, 0.6) is 0 Å². The van der Waals surface area contributed by atoms with E-state index >= 15 is 0 Å². The molecule has 28 heavy (non-hydrogen) atoms. The number of anilines is 1. The Balaban J connectivity index is 1.81. The number of hydrogen-bond donors (Lipinski definition) is 1. The SMILES string of the molecule is CCN(CC)S(=O)(=O)c1ccc(NC(=O)C2(c3ccccc3)CCCC2)cc1. The molecule has 1 aliphatic rings. The predicted molar refractivity (Wildman–Crippen MR) is 112 cm³/mol. The molecule has 2 aromatic carbocycles. The van der Waals surface area contributed by atoms with Crippen LogP contribution in [-0.2, 0) is 20.2 Å². The molecule has 0 heterocycles. The lowest BCUT2D eigenvalue weighted by atomic mass is 9.78. The zero-order valence-electron chi connectivity index (χ0n) is 16.5. The van der Waals surface area contributed by atoms with Crippen LogP contribution in [0.1, 0.15) is 45.1 Å². The van der Waals surface area contributed by atoms with Crippen molar-refractivity contribution in [3.8, 4) is 0 Å². The second kappa shape index (κ2) is 8.45. The zero-order valence-corrected chi connectivity index (χ0v) is 17.3. The lowest BCUT2D eigenvalue weighted by Crippen LogP contribution is -2.38. The third-order valence-electron chi connectivity index (χ3n) is 5.67. The van der Waals surface area contributed by atoms with Crippen molar-refractivity contribution in [3.05, 3.63) is 60.2 Å². The third kappa shape index (κ3) is 3.84. The molecular formula is C22H28N2O3S. The first kappa shape index (κ1) is 20.6. The minimum atomic E-state index is -3.50. The van der Waals surface area contributed by atoms with Crippen LogP contribution in [0.2, 0.25) is 0 Å². The Labute approximate surface area is 167 Å². The summed E-state index contributed by atoms with van der Waals surface area (Å²) in [5, 5.41) is 3.01. The van der Waals surface area contributed by atoms with Crippen molar-refractivity contribution in [1.29, 1.82) is 0 Å². The summed E-state index contributed by atoms with van der Waals surface area (Å²) in [5.41, 5.74) is 1.16. The summed E-state index contributed by atoms with van der Waals surface area (Å²) in [5.74, 6) is -0.0180. The fraction of sp³-hybridized carbons (Fsp3) is 0.409. The van der Waals surface area contributed by atoms with Gasteiger partial charge in [0, 0.05) is 18.8 Å². The summed E-state index contributed by atoms with van der Waals surface area (Å²) in [6.07, 6.45) is 3.72. The second-order valence-electron chi connectivity index (χ2n) is 7.22. The highest BCUT2D eigenvalue weighted by Crippen LogP contribution is 2.42. The summed E-state index contributed by atoms with van der Waals surface area (Å²) in [6, 6.07) is 16.4. The highest BCUT2D eigenvalue weighted by atomic mass is 32.2. The Kier molecular flexibility index (Phi) is 6.20. The molecule has 5 nitrogen and oxygen atoms in total. The molecule has 0 atom stereocenters. The summed E-state index contributed by atoms with van der Waals surface area (Å²) in [7, 11) is -3.50. The summed E-state index contributed by atoms with van der Waals surface area (Å²) in [4.78, 5) is 13.4. The summed E-state index contributed by atoms with van der Waals surface area (Å²) in [6.45, 7) is 4.49. The molecule has 150 valence electrons. The molecule has 0 radical (unpaired) electrons. The topological polar surface area (TPSA) is 66.5 Å². The molecule has 6 heteroatoms. The van der Waals surface area contributed by atoms with Gasteiger partial charge in [-0.15, -0.1) is 0 Å². The second-order valence-corrected chi connectivity index (χ2v) is 9.16. The summed E-state index contributed by atoms with van der Waals surface area (Å²) < 4.78 is 26.6. The Morgan fingerprint density at radius 1 is 0.964 bits per heavy atom. The molecule has 1 fully saturated rings. The van der Waals surface area contributed by atoms with E-state index in [1.165, 1.54) is 4.31 Å². The largest absolute Gasteiger partial charge is 0.325 e. The monoisotopic (exact) mass is 400 g/mol. The third-order valence-corrected chi connectivity index (χ3v) is 7.74. The highest BCUT2D eigenvalue weighted by molar-refractivity contribution is 7.89. The van der Waals surface area contributed by atoms with Gasteiger partial charge in [0.1, 0.15) is 0 Å².